The molecule has 0 atom stereocenters. The zero-order valence-corrected chi connectivity index (χ0v) is 10.5. The summed E-state index contributed by atoms with van der Waals surface area (Å²) in [6.07, 6.45) is 2.24. The van der Waals surface area contributed by atoms with E-state index in [4.69, 9.17) is 0 Å². The second-order valence-electron chi connectivity index (χ2n) is 4.44. The number of carbonyl (C=O) groups is 1. The van der Waals surface area contributed by atoms with E-state index in [9.17, 15) is 4.79 Å². The first-order valence-corrected chi connectivity index (χ1v) is 6.26. The van der Waals surface area contributed by atoms with Crippen molar-refractivity contribution in [3.63, 3.8) is 0 Å². The molecule has 17 heavy (non-hydrogen) atoms. The molecular weight excluding hydrogens is 208 g/mol. The van der Waals surface area contributed by atoms with Gasteiger partial charge in [-0.05, 0) is 28.3 Å². The van der Waals surface area contributed by atoms with Gasteiger partial charge in [-0.2, -0.15) is 0 Å². The number of benzene rings is 2. The molecule has 0 radical (unpaired) electrons. The molecule has 0 spiro atoms. The SMILES string of the molecule is CCC(=O)Cc1ccc2cc(CC)ccc2c1. The van der Waals surface area contributed by atoms with Crippen LogP contribution in [0.3, 0.4) is 0 Å². The van der Waals surface area contributed by atoms with Gasteiger partial charge in [-0.1, -0.05) is 50.2 Å². The molecule has 0 aliphatic carbocycles. The first-order chi connectivity index (χ1) is 8.22. The van der Waals surface area contributed by atoms with Crippen LogP contribution in [0.4, 0.5) is 0 Å². The lowest BCUT2D eigenvalue weighted by Gasteiger charge is -2.04. The summed E-state index contributed by atoms with van der Waals surface area (Å²) < 4.78 is 0. The number of hydrogen-bond donors (Lipinski definition) is 0. The van der Waals surface area contributed by atoms with Gasteiger partial charge in [-0.3, -0.25) is 4.79 Å². The smallest absolute Gasteiger partial charge is 0.136 e. The third kappa shape index (κ3) is 2.73. The van der Waals surface area contributed by atoms with Gasteiger partial charge in [-0.15, -0.1) is 0 Å². The molecule has 0 aromatic heterocycles. The highest BCUT2D eigenvalue weighted by molar-refractivity contribution is 5.86. The van der Waals surface area contributed by atoms with Crippen molar-refractivity contribution in [1.29, 1.82) is 0 Å². The zero-order valence-electron chi connectivity index (χ0n) is 10.5. The Bertz CT molecular complexity index is 540. The second kappa shape index (κ2) is 5.13. The Kier molecular flexibility index (Phi) is 3.58. The summed E-state index contributed by atoms with van der Waals surface area (Å²) in [5.74, 6) is 0.300. The van der Waals surface area contributed by atoms with Crippen molar-refractivity contribution in [1.82, 2.24) is 0 Å². The third-order valence-corrected chi connectivity index (χ3v) is 3.17. The lowest BCUT2D eigenvalue weighted by atomic mass is 10.0. The van der Waals surface area contributed by atoms with E-state index in [-0.39, 0.29) is 0 Å². The van der Waals surface area contributed by atoms with Crippen molar-refractivity contribution in [2.45, 2.75) is 33.1 Å². The van der Waals surface area contributed by atoms with Crippen LogP contribution in [0.5, 0.6) is 0 Å². The molecule has 1 nitrogen and oxygen atoms in total. The molecule has 88 valence electrons. The average molecular weight is 226 g/mol. The van der Waals surface area contributed by atoms with E-state index in [1.54, 1.807) is 0 Å². The molecule has 1 heteroatoms. The van der Waals surface area contributed by atoms with Crippen LogP contribution in [0.25, 0.3) is 10.8 Å². The number of hydrogen-bond acceptors (Lipinski definition) is 1. The minimum atomic E-state index is 0.300. The lowest BCUT2D eigenvalue weighted by Crippen LogP contribution is -1.99. The molecule has 2 aromatic carbocycles. The molecule has 0 aliphatic rings. The average Bonchev–Trinajstić information content (AvgIpc) is 2.38. The summed E-state index contributed by atoms with van der Waals surface area (Å²) in [5, 5.41) is 2.49. The Morgan fingerprint density at radius 3 is 2.12 bits per heavy atom. The van der Waals surface area contributed by atoms with Crippen LogP contribution < -0.4 is 0 Å². The molecule has 0 unspecified atom stereocenters. The van der Waals surface area contributed by atoms with Gasteiger partial charge in [-0.25, -0.2) is 0 Å². The van der Waals surface area contributed by atoms with E-state index in [0.29, 0.717) is 18.6 Å². The highest BCUT2D eigenvalue weighted by Gasteiger charge is 2.02. The molecule has 0 aliphatic heterocycles. The zero-order chi connectivity index (χ0) is 12.3. The van der Waals surface area contributed by atoms with Gasteiger partial charge in [0.05, 0.1) is 0 Å². The monoisotopic (exact) mass is 226 g/mol. The van der Waals surface area contributed by atoms with E-state index in [2.05, 4.69) is 43.3 Å². The van der Waals surface area contributed by atoms with Crippen LogP contribution in [0.1, 0.15) is 31.4 Å². The summed E-state index contributed by atoms with van der Waals surface area (Å²) in [4.78, 5) is 11.4. The van der Waals surface area contributed by atoms with E-state index < -0.39 is 0 Å². The Morgan fingerprint density at radius 1 is 0.941 bits per heavy atom. The molecule has 2 aromatic rings. The summed E-state index contributed by atoms with van der Waals surface area (Å²) >= 11 is 0. The first kappa shape index (κ1) is 11.8. The number of aryl methyl sites for hydroxylation is 1. The van der Waals surface area contributed by atoms with Crippen molar-refractivity contribution < 1.29 is 4.79 Å². The maximum Gasteiger partial charge on any atom is 0.136 e. The fraction of sp³-hybridized carbons (Fsp3) is 0.312. The summed E-state index contributed by atoms with van der Waals surface area (Å²) in [6, 6.07) is 12.8. The van der Waals surface area contributed by atoms with Gasteiger partial charge < -0.3 is 0 Å². The van der Waals surface area contributed by atoms with Crippen LogP contribution in [0, 0.1) is 0 Å². The van der Waals surface area contributed by atoms with Gasteiger partial charge in [0.25, 0.3) is 0 Å². The van der Waals surface area contributed by atoms with Crippen molar-refractivity contribution >= 4 is 16.6 Å². The highest BCUT2D eigenvalue weighted by Crippen LogP contribution is 2.19. The normalized spacial score (nSPS) is 10.7. The predicted molar refractivity (Wildman–Crippen MR) is 72.3 cm³/mol. The van der Waals surface area contributed by atoms with Gasteiger partial charge >= 0.3 is 0 Å². The van der Waals surface area contributed by atoms with E-state index in [0.717, 1.165) is 12.0 Å². The van der Waals surface area contributed by atoms with Gasteiger partial charge in [0.1, 0.15) is 5.78 Å². The molecule has 0 N–H and O–H groups in total. The van der Waals surface area contributed by atoms with E-state index in [1.807, 2.05) is 6.92 Å². The van der Waals surface area contributed by atoms with Crippen LogP contribution in [-0.2, 0) is 17.6 Å². The molecule has 0 fully saturated rings. The quantitative estimate of drug-likeness (QED) is 0.772. The van der Waals surface area contributed by atoms with E-state index >= 15 is 0 Å². The summed E-state index contributed by atoms with van der Waals surface area (Å²) in [6.45, 7) is 4.08. The number of Topliss-reactive ketones (excluding diaryl/α,β-unsaturated/α-hetero) is 1. The van der Waals surface area contributed by atoms with Crippen LogP contribution in [0.2, 0.25) is 0 Å². The molecule has 0 saturated carbocycles. The van der Waals surface area contributed by atoms with E-state index in [1.165, 1.54) is 16.3 Å². The standard InChI is InChI=1S/C16H18O/c1-3-12-5-7-15-10-13(11-16(17)4-2)6-8-14(15)9-12/h5-10H,3-4,11H2,1-2H3. The topological polar surface area (TPSA) is 17.1 Å². The Hall–Kier alpha value is -1.63. The largest absolute Gasteiger partial charge is 0.299 e. The summed E-state index contributed by atoms with van der Waals surface area (Å²) in [7, 11) is 0. The molecule has 0 saturated heterocycles. The van der Waals surface area contributed by atoms with Crippen LogP contribution >= 0.6 is 0 Å². The number of fused-ring (bicyclic) bond motifs is 1. The van der Waals surface area contributed by atoms with Gasteiger partial charge in [0.2, 0.25) is 0 Å². The van der Waals surface area contributed by atoms with Crippen molar-refractivity contribution in [2.24, 2.45) is 0 Å². The highest BCUT2D eigenvalue weighted by atomic mass is 16.1. The minimum absolute atomic E-state index is 0.300. The predicted octanol–water partition coefficient (Wildman–Crippen LogP) is 3.92. The molecule has 2 rings (SSSR count). The van der Waals surface area contributed by atoms with Crippen LogP contribution in [0.15, 0.2) is 36.4 Å². The van der Waals surface area contributed by atoms with Gasteiger partial charge in [0, 0.05) is 12.8 Å². The van der Waals surface area contributed by atoms with Crippen molar-refractivity contribution in [3.05, 3.63) is 47.5 Å². The number of ketones is 1. The van der Waals surface area contributed by atoms with Crippen LogP contribution in [-0.4, -0.2) is 5.78 Å². The van der Waals surface area contributed by atoms with Crippen molar-refractivity contribution in [2.75, 3.05) is 0 Å². The fourth-order valence-electron chi connectivity index (χ4n) is 2.03. The molecular formula is C16H18O. The maximum atomic E-state index is 11.4. The molecule has 0 heterocycles. The van der Waals surface area contributed by atoms with Crippen molar-refractivity contribution in [3.8, 4) is 0 Å². The fourth-order valence-corrected chi connectivity index (χ4v) is 2.03. The third-order valence-electron chi connectivity index (χ3n) is 3.17. The number of rotatable bonds is 4. The first-order valence-electron chi connectivity index (χ1n) is 6.26. The minimum Gasteiger partial charge on any atom is -0.299 e. The number of carbonyl (C=O) groups excluding carboxylic acids is 1. The maximum absolute atomic E-state index is 11.4. The second-order valence-corrected chi connectivity index (χ2v) is 4.44. The Balaban J connectivity index is 2.34. The molecule has 0 bridgehead atoms. The lowest BCUT2D eigenvalue weighted by molar-refractivity contribution is -0.118. The van der Waals surface area contributed by atoms with Gasteiger partial charge in [0.15, 0.2) is 0 Å². The Morgan fingerprint density at radius 2 is 1.53 bits per heavy atom. The summed E-state index contributed by atoms with van der Waals surface area (Å²) in [5.41, 5.74) is 2.48. The molecule has 0 amide bonds. The Labute approximate surface area is 102 Å².